The summed E-state index contributed by atoms with van der Waals surface area (Å²) in [6.45, 7) is 5.78. The SMILES string of the molecule is COc1cccc(C(C)(C)C=O)c1C. The molecule has 76 valence electrons. The second kappa shape index (κ2) is 3.82. The van der Waals surface area contributed by atoms with Gasteiger partial charge in [-0.3, -0.25) is 0 Å². The average molecular weight is 192 g/mol. The number of carbonyl (C=O) groups excluding carboxylic acids is 1. The zero-order valence-corrected chi connectivity index (χ0v) is 9.13. The molecule has 0 unspecified atom stereocenters. The van der Waals surface area contributed by atoms with E-state index in [0.717, 1.165) is 23.2 Å². The van der Waals surface area contributed by atoms with E-state index in [1.165, 1.54) is 0 Å². The lowest BCUT2D eigenvalue weighted by Crippen LogP contribution is -2.20. The fourth-order valence-corrected chi connectivity index (χ4v) is 1.60. The molecule has 2 heteroatoms. The summed E-state index contributed by atoms with van der Waals surface area (Å²) >= 11 is 0. The molecule has 1 aromatic carbocycles. The van der Waals surface area contributed by atoms with E-state index in [0.29, 0.717) is 0 Å². The van der Waals surface area contributed by atoms with Crippen molar-refractivity contribution in [3.63, 3.8) is 0 Å². The van der Waals surface area contributed by atoms with Gasteiger partial charge >= 0.3 is 0 Å². The van der Waals surface area contributed by atoms with Gasteiger partial charge in [0.25, 0.3) is 0 Å². The van der Waals surface area contributed by atoms with E-state index in [1.807, 2.05) is 39.0 Å². The highest BCUT2D eigenvalue weighted by Gasteiger charge is 2.22. The number of rotatable bonds is 3. The molecule has 0 aliphatic rings. The first-order valence-corrected chi connectivity index (χ1v) is 4.63. The highest BCUT2D eigenvalue weighted by atomic mass is 16.5. The summed E-state index contributed by atoms with van der Waals surface area (Å²) in [4.78, 5) is 10.9. The Morgan fingerprint density at radius 2 is 2.00 bits per heavy atom. The van der Waals surface area contributed by atoms with Crippen molar-refractivity contribution in [1.82, 2.24) is 0 Å². The van der Waals surface area contributed by atoms with Gasteiger partial charge < -0.3 is 9.53 Å². The van der Waals surface area contributed by atoms with Crippen molar-refractivity contribution in [3.8, 4) is 5.75 Å². The Bertz CT molecular complexity index is 340. The highest BCUT2D eigenvalue weighted by Crippen LogP contribution is 2.29. The minimum absolute atomic E-state index is 0.446. The lowest BCUT2D eigenvalue weighted by atomic mass is 9.83. The van der Waals surface area contributed by atoms with E-state index in [-0.39, 0.29) is 0 Å². The third-order valence-electron chi connectivity index (χ3n) is 2.49. The van der Waals surface area contributed by atoms with Gasteiger partial charge in [0.15, 0.2) is 0 Å². The number of methoxy groups -OCH3 is 1. The van der Waals surface area contributed by atoms with Crippen LogP contribution in [0.2, 0.25) is 0 Å². The number of aldehydes is 1. The maximum Gasteiger partial charge on any atom is 0.129 e. The van der Waals surface area contributed by atoms with Gasteiger partial charge in [0.1, 0.15) is 12.0 Å². The maximum atomic E-state index is 10.9. The van der Waals surface area contributed by atoms with E-state index in [1.54, 1.807) is 7.11 Å². The molecule has 0 bridgehead atoms. The fourth-order valence-electron chi connectivity index (χ4n) is 1.60. The second-order valence-electron chi connectivity index (χ2n) is 3.97. The minimum Gasteiger partial charge on any atom is -0.496 e. The molecule has 0 saturated heterocycles. The summed E-state index contributed by atoms with van der Waals surface area (Å²) in [5.74, 6) is 0.831. The van der Waals surface area contributed by atoms with Crippen LogP contribution >= 0.6 is 0 Å². The first-order chi connectivity index (χ1) is 6.53. The monoisotopic (exact) mass is 192 g/mol. The second-order valence-corrected chi connectivity index (χ2v) is 3.97. The Morgan fingerprint density at radius 1 is 1.36 bits per heavy atom. The van der Waals surface area contributed by atoms with E-state index in [2.05, 4.69) is 0 Å². The van der Waals surface area contributed by atoms with E-state index in [9.17, 15) is 4.79 Å². The Hall–Kier alpha value is -1.31. The summed E-state index contributed by atoms with van der Waals surface area (Å²) in [6.07, 6.45) is 0.967. The van der Waals surface area contributed by atoms with Crippen LogP contribution in [-0.4, -0.2) is 13.4 Å². The number of carbonyl (C=O) groups is 1. The molecule has 0 aliphatic heterocycles. The van der Waals surface area contributed by atoms with Gasteiger partial charge in [-0.2, -0.15) is 0 Å². The third-order valence-corrected chi connectivity index (χ3v) is 2.49. The average Bonchev–Trinajstić information content (AvgIpc) is 2.18. The largest absolute Gasteiger partial charge is 0.496 e. The molecule has 0 aromatic heterocycles. The molecule has 0 aliphatic carbocycles. The van der Waals surface area contributed by atoms with Crippen LogP contribution in [0.1, 0.15) is 25.0 Å². The van der Waals surface area contributed by atoms with Gasteiger partial charge in [0.2, 0.25) is 0 Å². The highest BCUT2D eigenvalue weighted by molar-refractivity contribution is 5.69. The predicted octanol–water partition coefficient (Wildman–Crippen LogP) is 2.48. The molecule has 14 heavy (non-hydrogen) atoms. The van der Waals surface area contributed by atoms with Gasteiger partial charge in [0.05, 0.1) is 7.11 Å². The molecule has 0 saturated carbocycles. The number of hydrogen-bond donors (Lipinski definition) is 0. The van der Waals surface area contributed by atoms with Crippen molar-refractivity contribution >= 4 is 6.29 Å². The molecule has 0 atom stereocenters. The lowest BCUT2D eigenvalue weighted by molar-refractivity contribution is -0.111. The Balaban J connectivity index is 3.29. The normalized spacial score (nSPS) is 11.1. The van der Waals surface area contributed by atoms with Crippen LogP contribution in [0.5, 0.6) is 5.75 Å². The molecular weight excluding hydrogens is 176 g/mol. The summed E-state index contributed by atoms with van der Waals surface area (Å²) in [6, 6.07) is 5.78. The standard InChI is InChI=1S/C12H16O2/c1-9-10(12(2,3)8-13)6-5-7-11(9)14-4/h5-8H,1-4H3. The van der Waals surface area contributed by atoms with Crippen molar-refractivity contribution < 1.29 is 9.53 Å². The van der Waals surface area contributed by atoms with E-state index >= 15 is 0 Å². The van der Waals surface area contributed by atoms with Gasteiger partial charge in [-0.15, -0.1) is 0 Å². The Morgan fingerprint density at radius 3 is 2.50 bits per heavy atom. The van der Waals surface area contributed by atoms with Crippen LogP contribution in [0.25, 0.3) is 0 Å². The molecule has 2 nitrogen and oxygen atoms in total. The fraction of sp³-hybridized carbons (Fsp3) is 0.417. The lowest BCUT2D eigenvalue weighted by Gasteiger charge is -2.21. The molecule has 0 fully saturated rings. The van der Waals surface area contributed by atoms with Crippen molar-refractivity contribution in [2.75, 3.05) is 7.11 Å². The Labute approximate surface area is 84.9 Å². The third kappa shape index (κ3) is 1.79. The van der Waals surface area contributed by atoms with Gasteiger partial charge in [0, 0.05) is 5.41 Å². The maximum absolute atomic E-state index is 10.9. The van der Waals surface area contributed by atoms with Crippen molar-refractivity contribution in [3.05, 3.63) is 29.3 Å². The first-order valence-electron chi connectivity index (χ1n) is 4.63. The quantitative estimate of drug-likeness (QED) is 0.688. The van der Waals surface area contributed by atoms with Crippen LogP contribution in [-0.2, 0) is 10.2 Å². The number of benzene rings is 1. The predicted molar refractivity (Wildman–Crippen MR) is 56.8 cm³/mol. The van der Waals surface area contributed by atoms with Gasteiger partial charge in [-0.1, -0.05) is 12.1 Å². The topological polar surface area (TPSA) is 26.3 Å². The van der Waals surface area contributed by atoms with Crippen molar-refractivity contribution in [1.29, 1.82) is 0 Å². The summed E-state index contributed by atoms with van der Waals surface area (Å²) in [5, 5.41) is 0. The summed E-state index contributed by atoms with van der Waals surface area (Å²) < 4.78 is 5.21. The van der Waals surface area contributed by atoms with Crippen LogP contribution in [0.3, 0.4) is 0 Å². The van der Waals surface area contributed by atoms with Crippen LogP contribution in [0, 0.1) is 6.92 Å². The van der Waals surface area contributed by atoms with Gasteiger partial charge in [-0.05, 0) is 38.0 Å². The number of ether oxygens (including phenoxy) is 1. The molecule has 0 radical (unpaired) electrons. The molecule has 0 N–H and O–H groups in total. The first kappa shape index (κ1) is 10.8. The summed E-state index contributed by atoms with van der Waals surface area (Å²) in [7, 11) is 1.64. The molecule has 0 amide bonds. The van der Waals surface area contributed by atoms with E-state index < -0.39 is 5.41 Å². The minimum atomic E-state index is -0.446. The zero-order chi connectivity index (χ0) is 10.8. The molecular formula is C12H16O2. The van der Waals surface area contributed by atoms with Crippen LogP contribution < -0.4 is 4.74 Å². The van der Waals surface area contributed by atoms with Crippen LogP contribution in [0.15, 0.2) is 18.2 Å². The zero-order valence-electron chi connectivity index (χ0n) is 9.13. The van der Waals surface area contributed by atoms with Crippen molar-refractivity contribution in [2.45, 2.75) is 26.2 Å². The molecule has 1 aromatic rings. The van der Waals surface area contributed by atoms with E-state index in [4.69, 9.17) is 4.74 Å². The van der Waals surface area contributed by atoms with Crippen LogP contribution in [0.4, 0.5) is 0 Å². The number of hydrogen-bond acceptors (Lipinski definition) is 2. The molecule has 1 rings (SSSR count). The molecule has 0 heterocycles. The van der Waals surface area contributed by atoms with Crippen molar-refractivity contribution in [2.24, 2.45) is 0 Å². The van der Waals surface area contributed by atoms with Gasteiger partial charge in [-0.25, -0.2) is 0 Å². The molecule has 0 spiro atoms. The Kier molecular flexibility index (Phi) is 2.94. The smallest absolute Gasteiger partial charge is 0.129 e. The summed E-state index contributed by atoms with van der Waals surface area (Å²) in [5.41, 5.74) is 1.61.